The van der Waals surface area contributed by atoms with Gasteiger partial charge < -0.3 is 9.47 Å². The van der Waals surface area contributed by atoms with E-state index >= 15 is 0 Å². The predicted octanol–water partition coefficient (Wildman–Crippen LogP) is 4.38. The zero-order valence-electron chi connectivity index (χ0n) is 16.0. The van der Waals surface area contributed by atoms with Crippen LogP contribution in [-0.2, 0) is 4.74 Å². The summed E-state index contributed by atoms with van der Waals surface area (Å²) in [5.41, 5.74) is 2.16. The fraction of sp³-hybridized carbons (Fsp3) is 0.435. The average molecular weight is 364 g/mol. The summed E-state index contributed by atoms with van der Waals surface area (Å²) < 4.78 is 11.8. The second-order valence-corrected chi connectivity index (χ2v) is 7.57. The first-order chi connectivity index (χ1) is 13.2. The fourth-order valence-corrected chi connectivity index (χ4v) is 4.79. The Kier molecular flexibility index (Phi) is 5.28. The predicted molar refractivity (Wildman–Crippen MR) is 109 cm³/mol. The van der Waals surface area contributed by atoms with Crippen molar-refractivity contribution < 1.29 is 9.47 Å². The van der Waals surface area contributed by atoms with Gasteiger partial charge in [-0.1, -0.05) is 12.2 Å². The summed E-state index contributed by atoms with van der Waals surface area (Å²) in [6.45, 7) is 10.7. The van der Waals surface area contributed by atoms with Crippen molar-refractivity contribution in [1.29, 1.82) is 0 Å². The van der Waals surface area contributed by atoms with Crippen LogP contribution in [0.3, 0.4) is 0 Å². The van der Waals surface area contributed by atoms with E-state index in [1.165, 1.54) is 12.0 Å². The Morgan fingerprint density at radius 3 is 2.93 bits per heavy atom. The van der Waals surface area contributed by atoms with Gasteiger partial charge in [-0.2, -0.15) is 0 Å². The molecule has 4 heteroatoms. The Morgan fingerprint density at radius 2 is 2.22 bits per heavy atom. The van der Waals surface area contributed by atoms with Crippen LogP contribution in [0.2, 0.25) is 0 Å². The van der Waals surface area contributed by atoms with Crippen LogP contribution in [-0.4, -0.2) is 42.7 Å². The highest BCUT2D eigenvalue weighted by Gasteiger charge is 2.43. The highest BCUT2D eigenvalue weighted by Crippen LogP contribution is 2.43. The minimum Gasteiger partial charge on any atom is -0.497 e. The Hall–Kier alpha value is -2.17. The molecule has 2 aromatic rings. The molecule has 4 heterocycles. The lowest BCUT2D eigenvalue weighted by Crippen LogP contribution is -2.55. The average Bonchev–Trinajstić information content (AvgIpc) is 2.74. The van der Waals surface area contributed by atoms with E-state index in [4.69, 9.17) is 9.47 Å². The van der Waals surface area contributed by atoms with Crippen LogP contribution in [0.25, 0.3) is 10.9 Å². The van der Waals surface area contributed by atoms with E-state index in [-0.39, 0.29) is 6.10 Å². The Bertz CT molecular complexity index is 834. The van der Waals surface area contributed by atoms with Gasteiger partial charge in [0.2, 0.25) is 0 Å². The van der Waals surface area contributed by atoms with E-state index in [2.05, 4.69) is 41.3 Å². The summed E-state index contributed by atoms with van der Waals surface area (Å²) >= 11 is 0. The van der Waals surface area contributed by atoms with Crippen LogP contribution in [0.4, 0.5) is 0 Å². The first-order valence-corrected chi connectivity index (χ1v) is 9.77. The van der Waals surface area contributed by atoms with Gasteiger partial charge in [-0.15, -0.1) is 13.2 Å². The molecule has 4 nitrogen and oxygen atoms in total. The van der Waals surface area contributed by atoms with Gasteiger partial charge in [-0.05, 0) is 61.1 Å². The van der Waals surface area contributed by atoms with Gasteiger partial charge >= 0.3 is 0 Å². The SMILES string of the molecule is C=CCO[C@H](c1ccnc2ccc(OC)cc12)[C@@H]1CC2CCN1C[C@@H]2C=C. The van der Waals surface area contributed by atoms with Crippen LogP contribution >= 0.6 is 0 Å². The van der Waals surface area contributed by atoms with Crippen molar-refractivity contribution in [2.75, 3.05) is 26.8 Å². The van der Waals surface area contributed by atoms with E-state index in [1.54, 1.807) is 7.11 Å². The van der Waals surface area contributed by atoms with Crippen LogP contribution in [0.15, 0.2) is 55.8 Å². The van der Waals surface area contributed by atoms with Crippen molar-refractivity contribution >= 4 is 10.9 Å². The Morgan fingerprint density at radius 1 is 1.33 bits per heavy atom. The molecule has 2 unspecified atom stereocenters. The summed E-state index contributed by atoms with van der Waals surface area (Å²) in [4.78, 5) is 7.13. The van der Waals surface area contributed by atoms with Gasteiger partial charge in [-0.25, -0.2) is 0 Å². The molecule has 3 aliphatic rings. The molecule has 0 amide bonds. The molecular weight excluding hydrogens is 336 g/mol. The number of piperidine rings is 3. The van der Waals surface area contributed by atoms with Gasteiger partial charge in [0.05, 0.1) is 25.3 Å². The number of ether oxygens (including phenoxy) is 2. The lowest BCUT2D eigenvalue weighted by molar-refractivity contribution is -0.0683. The zero-order chi connectivity index (χ0) is 18.8. The maximum atomic E-state index is 6.37. The van der Waals surface area contributed by atoms with Crippen molar-refractivity contribution in [3.63, 3.8) is 0 Å². The normalized spacial score (nSPS) is 28.0. The van der Waals surface area contributed by atoms with E-state index in [9.17, 15) is 0 Å². The molecule has 5 atom stereocenters. The van der Waals surface area contributed by atoms with Crippen LogP contribution in [0.1, 0.15) is 24.5 Å². The molecule has 5 rings (SSSR count). The van der Waals surface area contributed by atoms with Crippen molar-refractivity contribution in [2.24, 2.45) is 11.8 Å². The molecule has 3 fully saturated rings. The quantitative estimate of drug-likeness (QED) is 0.683. The summed E-state index contributed by atoms with van der Waals surface area (Å²) in [6.07, 6.45) is 8.25. The zero-order valence-corrected chi connectivity index (χ0v) is 16.0. The third-order valence-corrected chi connectivity index (χ3v) is 6.19. The molecule has 0 saturated carbocycles. The maximum Gasteiger partial charge on any atom is 0.119 e. The standard InChI is InChI=1S/C23H28N2O2/c1-4-12-27-23(22-13-17-9-11-25(22)15-16(17)5-2)19-8-10-24-21-7-6-18(26-3)14-20(19)21/h4-8,10,14,16-17,22-23H,1-2,9,11-13,15H2,3H3/t16-,17?,22-,23+/m0/s1. The summed E-state index contributed by atoms with van der Waals surface area (Å²) in [5.74, 6) is 2.15. The minimum absolute atomic E-state index is 0.00540. The van der Waals surface area contributed by atoms with E-state index < -0.39 is 0 Å². The van der Waals surface area contributed by atoms with Gasteiger partial charge in [-0.3, -0.25) is 9.88 Å². The molecule has 142 valence electrons. The smallest absolute Gasteiger partial charge is 0.119 e. The molecule has 27 heavy (non-hydrogen) atoms. The molecule has 0 N–H and O–H groups in total. The third kappa shape index (κ3) is 3.40. The molecule has 0 radical (unpaired) electrons. The molecule has 2 bridgehead atoms. The number of hydrogen-bond donors (Lipinski definition) is 0. The second kappa shape index (κ2) is 7.83. The Labute approximate surface area is 161 Å². The number of hydrogen-bond acceptors (Lipinski definition) is 4. The van der Waals surface area contributed by atoms with Crippen molar-refractivity contribution in [3.05, 3.63) is 61.3 Å². The number of benzene rings is 1. The number of methoxy groups -OCH3 is 1. The minimum atomic E-state index is -0.00540. The number of fused-ring (bicyclic) bond motifs is 4. The van der Waals surface area contributed by atoms with Gasteiger partial charge in [0, 0.05) is 24.2 Å². The van der Waals surface area contributed by atoms with Crippen molar-refractivity contribution in [3.8, 4) is 5.75 Å². The lowest BCUT2D eigenvalue weighted by Gasteiger charge is -2.51. The van der Waals surface area contributed by atoms with Crippen LogP contribution in [0.5, 0.6) is 5.75 Å². The monoisotopic (exact) mass is 364 g/mol. The van der Waals surface area contributed by atoms with Crippen LogP contribution in [0, 0.1) is 11.8 Å². The van der Waals surface area contributed by atoms with Crippen molar-refractivity contribution in [1.82, 2.24) is 9.88 Å². The molecule has 3 aliphatic heterocycles. The van der Waals surface area contributed by atoms with E-state index in [1.807, 2.05) is 24.4 Å². The number of pyridine rings is 1. The Balaban J connectivity index is 1.74. The number of nitrogens with zero attached hydrogens (tertiary/aromatic N) is 2. The highest BCUT2D eigenvalue weighted by atomic mass is 16.5. The second-order valence-electron chi connectivity index (χ2n) is 7.57. The molecule has 1 aromatic carbocycles. The van der Waals surface area contributed by atoms with Gasteiger partial charge in [0.15, 0.2) is 0 Å². The number of rotatable bonds is 7. The topological polar surface area (TPSA) is 34.6 Å². The first-order valence-electron chi connectivity index (χ1n) is 9.77. The van der Waals surface area contributed by atoms with Gasteiger partial charge in [0.1, 0.15) is 5.75 Å². The molecular formula is C23H28N2O2. The maximum absolute atomic E-state index is 6.37. The summed E-state index contributed by atoms with van der Waals surface area (Å²) in [7, 11) is 1.70. The van der Waals surface area contributed by atoms with Crippen LogP contribution < -0.4 is 4.74 Å². The van der Waals surface area contributed by atoms with Crippen molar-refractivity contribution in [2.45, 2.75) is 25.0 Å². The lowest BCUT2D eigenvalue weighted by atomic mass is 9.73. The molecule has 0 aliphatic carbocycles. The first kappa shape index (κ1) is 18.2. The molecule has 0 spiro atoms. The molecule has 1 aromatic heterocycles. The molecule has 3 saturated heterocycles. The number of aromatic nitrogens is 1. The van der Waals surface area contributed by atoms with E-state index in [0.29, 0.717) is 24.5 Å². The largest absolute Gasteiger partial charge is 0.497 e. The summed E-state index contributed by atoms with van der Waals surface area (Å²) in [5, 5.41) is 1.11. The van der Waals surface area contributed by atoms with Gasteiger partial charge in [0.25, 0.3) is 0 Å². The third-order valence-electron chi connectivity index (χ3n) is 6.19. The summed E-state index contributed by atoms with van der Waals surface area (Å²) in [6, 6.07) is 8.52. The highest BCUT2D eigenvalue weighted by molar-refractivity contribution is 5.84. The van der Waals surface area contributed by atoms with E-state index in [0.717, 1.165) is 36.2 Å². The fourth-order valence-electron chi connectivity index (χ4n) is 4.79.